The number of ether oxygens (including phenoxy) is 1. The van der Waals surface area contributed by atoms with Crippen LogP contribution in [-0.4, -0.2) is 58.7 Å². The second kappa shape index (κ2) is 9.19. The lowest BCUT2D eigenvalue weighted by molar-refractivity contribution is 0.0664. The van der Waals surface area contributed by atoms with Crippen LogP contribution in [0.15, 0.2) is 59.5 Å². The SMILES string of the molecule is CN1CCN(C(=O)c2cccc(Nc3c(Oc4ccc(F)cc4)cnn(C)c3=O)c2)CC1. The molecule has 1 fully saturated rings. The van der Waals surface area contributed by atoms with Crippen LogP contribution >= 0.6 is 0 Å². The van der Waals surface area contributed by atoms with Crippen molar-refractivity contribution in [2.24, 2.45) is 7.05 Å². The minimum Gasteiger partial charge on any atom is -0.453 e. The zero-order valence-corrected chi connectivity index (χ0v) is 17.9. The van der Waals surface area contributed by atoms with E-state index in [1.807, 2.05) is 11.9 Å². The van der Waals surface area contributed by atoms with Crippen LogP contribution in [-0.2, 0) is 7.05 Å². The number of aryl methyl sites for hydroxylation is 1. The minimum atomic E-state index is -0.402. The highest BCUT2D eigenvalue weighted by atomic mass is 19.1. The van der Waals surface area contributed by atoms with Gasteiger partial charge in [0.25, 0.3) is 11.5 Å². The van der Waals surface area contributed by atoms with Gasteiger partial charge in [0.15, 0.2) is 11.4 Å². The number of hydrogen-bond donors (Lipinski definition) is 1. The van der Waals surface area contributed by atoms with Crippen molar-refractivity contribution in [3.63, 3.8) is 0 Å². The lowest BCUT2D eigenvalue weighted by atomic mass is 10.1. The molecule has 2 heterocycles. The molecule has 0 aliphatic carbocycles. The van der Waals surface area contributed by atoms with Crippen LogP contribution in [0.2, 0.25) is 0 Å². The Balaban J connectivity index is 1.59. The van der Waals surface area contributed by atoms with Gasteiger partial charge in [-0.15, -0.1) is 0 Å². The van der Waals surface area contributed by atoms with Gasteiger partial charge in [-0.05, 0) is 49.5 Å². The Morgan fingerprint density at radius 2 is 1.78 bits per heavy atom. The first-order valence-corrected chi connectivity index (χ1v) is 10.3. The summed E-state index contributed by atoms with van der Waals surface area (Å²) in [6, 6.07) is 12.5. The van der Waals surface area contributed by atoms with E-state index in [4.69, 9.17) is 4.74 Å². The molecule has 1 amide bonds. The van der Waals surface area contributed by atoms with Gasteiger partial charge in [0.05, 0.1) is 6.20 Å². The highest BCUT2D eigenvalue weighted by Crippen LogP contribution is 2.28. The zero-order chi connectivity index (χ0) is 22.7. The highest BCUT2D eigenvalue weighted by Gasteiger charge is 2.21. The topological polar surface area (TPSA) is 79.7 Å². The molecular weight excluding hydrogens is 413 g/mol. The van der Waals surface area contributed by atoms with Crippen molar-refractivity contribution in [3.8, 4) is 11.5 Å². The van der Waals surface area contributed by atoms with E-state index in [0.29, 0.717) is 30.1 Å². The summed E-state index contributed by atoms with van der Waals surface area (Å²) in [5.74, 6) is 0.116. The predicted octanol–water partition coefficient (Wildman–Crippen LogP) is 2.84. The number of rotatable bonds is 5. The fourth-order valence-corrected chi connectivity index (χ4v) is 3.41. The number of carbonyl (C=O) groups excluding carboxylic acids is 1. The van der Waals surface area contributed by atoms with Gasteiger partial charge < -0.3 is 19.9 Å². The molecule has 1 aliphatic heterocycles. The third-order valence-corrected chi connectivity index (χ3v) is 5.31. The molecule has 3 aromatic rings. The molecule has 1 N–H and O–H groups in total. The van der Waals surface area contributed by atoms with Gasteiger partial charge in [-0.1, -0.05) is 6.07 Å². The molecule has 0 spiro atoms. The van der Waals surface area contributed by atoms with Crippen LogP contribution in [0.4, 0.5) is 15.8 Å². The van der Waals surface area contributed by atoms with Crippen molar-refractivity contribution < 1.29 is 13.9 Å². The normalized spacial score (nSPS) is 14.3. The average molecular weight is 437 g/mol. The first-order chi connectivity index (χ1) is 15.4. The molecule has 9 heteroatoms. The summed E-state index contributed by atoms with van der Waals surface area (Å²) in [6.45, 7) is 3.02. The Hall–Kier alpha value is -3.72. The summed E-state index contributed by atoms with van der Waals surface area (Å²) in [5.41, 5.74) is 0.861. The number of likely N-dealkylation sites (N-methyl/N-ethyl adjacent to an activating group) is 1. The van der Waals surface area contributed by atoms with Crippen LogP contribution in [0.5, 0.6) is 11.5 Å². The average Bonchev–Trinajstić information content (AvgIpc) is 2.80. The largest absolute Gasteiger partial charge is 0.453 e. The summed E-state index contributed by atoms with van der Waals surface area (Å²) >= 11 is 0. The van der Waals surface area contributed by atoms with Crippen LogP contribution in [0.1, 0.15) is 10.4 Å². The first kappa shape index (κ1) is 21.5. The van der Waals surface area contributed by atoms with Crippen molar-refractivity contribution in [2.75, 3.05) is 38.5 Å². The second-order valence-corrected chi connectivity index (χ2v) is 7.67. The number of halogens is 1. The summed E-state index contributed by atoms with van der Waals surface area (Å²) in [4.78, 5) is 29.7. The molecule has 0 radical (unpaired) electrons. The van der Waals surface area contributed by atoms with Gasteiger partial charge in [-0.25, -0.2) is 9.07 Å². The van der Waals surface area contributed by atoms with Gasteiger partial charge in [-0.3, -0.25) is 9.59 Å². The molecular formula is C23H24FN5O3. The summed E-state index contributed by atoms with van der Waals surface area (Å²) < 4.78 is 20.1. The molecule has 0 unspecified atom stereocenters. The Morgan fingerprint density at radius 3 is 2.50 bits per heavy atom. The fraction of sp³-hybridized carbons (Fsp3) is 0.261. The lowest BCUT2D eigenvalue weighted by Crippen LogP contribution is -2.47. The van der Waals surface area contributed by atoms with Crippen LogP contribution in [0.3, 0.4) is 0 Å². The zero-order valence-electron chi connectivity index (χ0n) is 17.9. The third kappa shape index (κ3) is 4.78. The minimum absolute atomic E-state index is 0.0489. The van der Waals surface area contributed by atoms with E-state index in [1.54, 1.807) is 24.3 Å². The maximum atomic E-state index is 13.2. The van der Waals surface area contributed by atoms with E-state index in [9.17, 15) is 14.0 Å². The van der Waals surface area contributed by atoms with Gasteiger partial charge >= 0.3 is 0 Å². The van der Waals surface area contributed by atoms with Gasteiger partial charge in [-0.2, -0.15) is 5.10 Å². The van der Waals surface area contributed by atoms with Crippen LogP contribution in [0, 0.1) is 5.82 Å². The van der Waals surface area contributed by atoms with E-state index in [2.05, 4.69) is 15.3 Å². The number of nitrogens with one attached hydrogen (secondary N) is 1. The van der Waals surface area contributed by atoms with Crippen molar-refractivity contribution in [2.45, 2.75) is 0 Å². The maximum absolute atomic E-state index is 13.2. The quantitative estimate of drug-likeness (QED) is 0.661. The molecule has 2 aromatic carbocycles. The van der Waals surface area contributed by atoms with E-state index in [0.717, 1.165) is 13.1 Å². The molecule has 32 heavy (non-hydrogen) atoms. The Morgan fingerprint density at radius 1 is 1.06 bits per heavy atom. The van der Waals surface area contributed by atoms with Crippen molar-refractivity contribution in [1.82, 2.24) is 19.6 Å². The standard InChI is InChI=1S/C23H24FN5O3/c1-27-10-12-29(13-11-27)22(30)16-4-3-5-18(14-16)26-21-20(15-25-28(2)23(21)31)32-19-8-6-17(24)7-9-19/h3-9,14-15,26H,10-13H2,1-2H3. The molecule has 0 bridgehead atoms. The molecule has 1 aromatic heterocycles. The summed E-state index contributed by atoms with van der Waals surface area (Å²) in [6.07, 6.45) is 1.41. The molecule has 4 rings (SSSR count). The predicted molar refractivity (Wildman–Crippen MR) is 119 cm³/mol. The molecule has 1 saturated heterocycles. The number of hydrogen-bond acceptors (Lipinski definition) is 6. The maximum Gasteiger partial charge on any atom is 0.294 e. The molecule has 8 nitrogen and oxygen atoms in total. The fourth-order valence-electron chi connectivity index (χ4n) is 3.41. The summed E-state index contributed by atoms with van der Waals surface area (Å²) in [5, 5.41) is 7.08. The van der Waals surface area contributed by atoms with Crippen LogP contribution in [0.25, 0.3) is 0 Å². The number of nitrogens with zero attached hydrogens (tertiary/aromatic N) is 4. The van der Waals surface area contributed by atoms with Crippen LogP contribution < -0.4 is 15.6 Å². The van der Waals surface area contributed by atoms with E-state index >= 15 is 0 Å². The van der Waals surface area contributed by atoms with E-state index < -0.39 is 5.56 Å². The van der Waals surface area contributed by atoms with Crippen molar-refractivity contribution in [3.05, 3.63) is 76.5 Å². The highest BCUT2D eigenvalue weighted by molar-refractivity contribution is 5.95. The number of anilines is 2. The van der Waals surface area contributed by atoms with Crippen molar-refractivity contribution >= 4 is 17.3 Å². The Kier molecular flexibility index (Phi) is 6.18. The number of piperazine rings is 1. The van der Waals surface area contributed by atoms with Gasteiger partial charge in [0.1, 0.15) is 11.6 Å². The summed E-state index contributed by atoms with van der Waals surface area (Å²) in [7, 11) is 3.57. The number of carbonyl (C=O) groups is 1. The monoisotopic (exact) mass is 437 g/mol. The first-order valence-electron chi connectivity index (χ1n) is 10.3. The van der Waals surface area contributed by atoms with E-state index in [-0.39, 0.29) is 23.2 Å². The van der Waals surface area contributed by atoms with E-state index in [1.165, 1.54) is 42.2 Å². The van der Waals surface area contributed by atoms with Gasteiger partial charge in [0, 0.05) is 44.5 Å². The molecule has 0 atom stereocenters. The Bertz CT molecular complexity index is 1170. The number of aromatic nitrogens is 2. The lowest BCUT2D eigenvalue weighted by Gasteiger charge is -2.32. The third-order valence-electron chi connectivity index (χ3n) is 5.31. The molecule has 0 saturated carbocycles. The Labute approximate surface area is 184 Å². The number of amides is 1. The van der Waals surface area contributed by atoms with Crippen molar-refractivity contribution in [1.29, 1.82) is 0 Å². The number of benzene rings is 2. The molecule has 166 valence electrons. The molecule has 1 aliphatic rings. The smallest absolute Gasteiger partial charge is 0.294 e. The van der Waals surface area contributed by atoms with Gasteiger partial charge in [0.2, 0.25) is 0 Å². The second-order valence-electron chi connectivity index (χ2n) is 7.67.